The van der Waals surface area contributed by atoms with E-state index in [0.29, 0.717) is 5.69 Å². The SMILES string of the molecule is Cc1cc(C)c(C(=O)NCc2ccc(Cl)c(Oc3cc(Cl)cc(C#N)c3)c2F)[nH]1.O=C(O)C(F)(F)F. The van der Waals surface area contributed by atoms with Gasteiger partial charge in [-0.3, -0.25) is 4.79 Å². The Bertz CT molecular complexity index is 1330. The maximum atomic E-state index is 15.0. The first kappa shape index (κ1) is 28.5. The molecule has 3 N–H and O–H groups in total. The van der Waals surface area contributed by atoms with Crippen molar-refractivity contribution in [1.29, 1.82) is 5.26 Å². The number of carboxylic acids is 1. The number of aryl methyl sites for hydroxylation is 2. The Morgan fingerprint density at radius 1 is 1.17 bits per heavy atom. The minimum Gasteiger partial charge on any atom is -0.475 e. The van der Waals surface area contributed by atoms with Crippen LogP contribution in [0.25, 0.3) is 0 Å². The Balaban J connectivity index is 0.000000572. The van der Waals surface area contributed by atoms with E-state index in [1.807, 2.05) is 26.0 Å². The topological polar surface area (TPSA) is 115 Å². The number of aromatic amines is 1. The number of carboxylic acid groups (broad SMARTS) is 1. The number of ether oxygens (including phenoxy) is 1. The summed E-state index contributed by atoms with van der Waals surface area (Å²) in [5.41, 5.74) is 2.55. The molecule has 3 rings (SSSR count). The standard InChI is InChI=1S/C21H16Cl2FN3O2.C2HF3O2/c1-11-5-12(2)27-19(11)21(28)26-10-14-3-4-17(23)20(18(14)24)29-16-7-13(9-25)6-15(22)8-16;3-2(4,5)1(6)7/h3-8,27H,10H2,1-2H3,(H,26,28);(H,6,7). The minimum absolute atomic E-state index is 0.0481. The number of nitriles is 1. The number of carbonyl (C=O) groups is 2. The van der Waals surface area contributed by atoms with Crippen molar-refractivity contribution in [2.24, 2.45) is 0 Å². The van der Waals surface area contributed by atoms with Crippen LogP contribution in [0.3, 0.4) is 0 Å². The molecule has 3 aromatic rings. The molecule has 0 saturated carbocycles. The zero-order chi connectivity index (χ0) is 27.2. The van der Waals surface area contributed by atoms with Crippen LogP contribution in [0.4, 0.5) is 17.6 Å². The number of rotatable bonds is 5. The molecule has 0 aliphatic carbocycles. The highest BCUT2D eigenvalue weighted by Crippen LogP contribution is 2.35. The van der Waals surface area contributed by atoms with Crippen LogP contribution in [0.5, 0.6) is 11.5 Å². The van der Waals surface area contributed by atoms with Crippen molar-refractivity contribution in [2.45, 2.75) is 26.6 Å². The van der Waals surface area contributed by atoms with Crippen LogP contribution in [-0.4, -0.2) is 28.1 Å². The molecule has 0 aliphatic heterocycles. The van der Waals surface area contributed by atoms with Gasteiger partial charge < -0.3 is 20.1 Å². The lowest BCUT2D eigenvalue weighted by atomic mass is 10.2. The van der Waals surface area contributed by atoms with Gasteiger partial charge in [0.05, 0.1) is 16.7 Å². The molecule has 0 saturated heterocycles. The molecule has 13 heteroatoms. The molecule has 7 nitrogen and oxygen atoms in total. The fourth-order valence-electron chi connectivity index (χ4n) is 2.84. The van der Waals surface area contributed by atoms with Crippen molar-refractivity contribution in [2.75, 3.05) is 0 Å². The molecule has 0 atom stereocenters. The number of amides is 1. The number of carbonyl (C=O) groups excluding carboxylic acids is 1. The van der Waals surface area contributed by atoms with E-state index in [4.69, 9.17) is 43.1 Å². The van der Waals surface area contributed by atoms with Crippen molar-refractivity contribution in [1.82, 2.24) is 10.3 Å². The number of nitrogens with zero attached hydrogens (tertiary/aromatic N) is 1. The largest absolute Gasteiger partial charge is 0.490 e. The number of nitrogens with one attached hydrogen (secondary N) is 2. The second-order valence-electron chi connectivity index (χ2n) is 7.24. The average molecular weight is 546 g/mol. The third-order valence-electron chi connectivity index (χ3n) is 4.41. The monoisotopic (exact) mass is 545 g/mol. The van der Waals surface area contributed by atoms with E-state index in [2.05, 4.69) is 10.3 Å². The normalized spacial score (nSPS) is 10.6. The lowest BCUT2D eigenvalue weighted by Crippen LogP contribution is -2.24. The quantitative estimate of drug-likeness (QED) is 0.325. The highest BCUT2D eigenvalue weighted by molar-refractivity contribution is 6.32. The first-order valence-electron chi connectivity index (χ1n) is 9.82. The molecule has 190 valence electrons. The van der Waals surface area contributed by atoms with Gasteiger partial charge in [-0.1, -0.05) is 29.3 Å². The lowest BCUT2D eigenvalue weighted by molar-refractivity contribution is -0.192. The second kappa shape index (κ2) is 11.8. The fourth-order valence-corrected chi connectivity index (χ4v) is 3.25. The third kappa shape index (κ3) is 7.63. The first-order chi connectivity index (χ1) is 16.7. The van der Waals surface area contributed by atoms with E-state index < -0.39 is 18.0 Å². The van der Waals surface area contributed by atoms with Crippen LogP contribution in [0, 0.1) is 31.0 Å². The van der Waals surface area contributed by atoms with Gasteiger partial charge in [0.1, 0.15) is 11.4 Å². The molecule has 1 heterocycles. The molecule has 0 bridgehead atoms. The number of halogens is 6. The summed E-state index contributed by atoms with van der Waals surface area (Å²) in [6, 6.07) is 11.1. The van der Waals surface area contributed by atoms with Crippen molar-refractivity contribution < 1.29 is 37.0 Å². The molecule has 1 amide bonds. The molecular formula is C23H17Cl2F4N3O4. The van der Waals surface area contributed by atoms with Crippen LogP contribution in [0.2, 0.25) is 10.0 Å². The van der Waals surface area contributed by atoms with Crippen LogP contribution < -0.4 is 10.1 Å². The molecule has 0 fully saturated rings. The molecule has 1 aromatic heterocycles. The number of alkyl halides is 3. The van der Waals surface area contributed by atoms with Crippen molar-refractivity contribution in [3.05, 3.63) is 80.3 Å². The molecule has 2 aromatic carbocycles. The predicted octanol–water partition coefficient (Wildman–Crippen LogP) is 6.30. The van der Waals surface area contributed by atoms with Gasteiger partial charge in [-0.2, -0.15) is 18.4 Å². The summed E-state index contributed by atoms with van der Waals surface area (Å²) in [6.45, 7) is 3.60. The summed E-state index contributed by atoms with van der Waals surface area (Å²) in [5, 5.41) is 19.2. The highest BCUT2D eigenvalue weighted by atomic mass is 35.5. The van der Waals surface area contributed by atoms with E-state index in [9.17, 15) is 22.4 Å². The van der Waals surface area contributed by atoms with Gasteiger partial charge in [-0.25, -0.2) is 9.18 Å². The smallest absolute Gasteiger partial charge is 0.475 e. The maximum absolute atomic E-state index is 15.0. The Kier molecular flexibility index (Phi) is 9.33. The first-order valence-corrected chi connectivity index (χ1v) is 10.6. The van der Waals surface area contributed by atoms with E-state index in [0.717, 1.165) is 11.3 Å². The van der Waals surface area contributed by atoms with Crippen molar-refractivity contribution in [3.63, 3.8) is 0 Å². The molecule has 0 unspecified atom stereocenters. The van der Waals surface area contributed by atoms with Crippen LogP contribution in [0.15, 0.2) is 36.4 Å². The molecule has 36 heavy (non-hydrogen) atoms. The zero-order valence-electron chi connectivity index (χ0n) is 18.6. The molecule has 0 spiro atoms. The number of aliphatic carboxylic acids is 1. The number of hydrogen-bond donors (Lipinski definition) is 3. The predicted molar refractivity (Wildman–Crippen MR) is 123 cm³/mol. The van der Waals surface area contributed by atoms with Gasteiger partial charge in [0.2, 0.25) is 0 Å². The molecular weight excluding hydrogens is 529 g/mol. The van der Waals surface area contributed by atoms with E-state index >= 15 is 0 Å². The highest BCUT2D eigenvalue weighted by Gasteiger charge is 2.38. The summed E-state index contributed by atoms with van der Waals surface area (Å²) in [4.78, 5) is 24.2. The summed E-state index contributed by atoms with van der Waals surface area (Å²) in [5.74, 6) is -3.85. The summed E-state index contributed by atoms with van der Waals surface area (Å²) in [7, 11) is 0. The summed E-state index contributed by atoms with van der Waals surface area (Å²) >= 11 is 12.0. The Labute approximate surface area is 212 Å². The molecule has 0 radical (unpaired) electrons. The van der Waals surface area contributed by atoms with Gasteiger partial charge >= 0.3 is 12.1 Å². The van der Waals surface area contributed by atoms with Crippen LogP contribution in [0.1, 0.15) is 32.9 Å². The number of aromatic nitrogens is 1. The number of H-pyrrole nitrogens is 1. The van der Waals surface area contributed by atoms with Gasteiger partial charge in [-0.05, 0) is 49.7 Å². The van der Waals surface area contributed by atoms with Crippen LogP contribution in [-0.2, 0) is 11.3 Å². The Morgan fingerprint density at radius 2 is 1.81 bits per heavy atom. The van der Waals surface area contributed by atoms with Gasteiger partial charge in [0.15, 0.2) is 11.6 Å². The van der Waals surface area contributed by atoms with Crippen LogP contribution >= 0.6 is 23.2 Å². The van der Waals surface area contributed by atoms with Gasteiger partial charge in [0, 0.05) is 22.8 Å². The van der Waals surface area contributed by atoms with E-state index in [-0.39, 0.29) is 45.1 Å². The Morgan fingerprint density at radius 3 is 2.33 bits per heavy atom. The summed E-state index contributed by atoms with van der Waals surface area (Å²) in [6.07, 6.45) is -5.08. The average Bonchev–Trinajstić information content (AvgIpc) is 3.13. The Hall–Kier alpha value is -3.75. The second-order valence-corrected chi connectivity index (χ2v) is 8.08. The maximum Gasteiger partial charge on any atom is 0.490 e. The van der Waals surface area contributed by atoms with Crippen molar-refractivity contribution in [3.8, 4) is 17.6 Å². The van der Waals surface area contributed by atoms with Gasteiger partial charge in [-0.15, -0.1) is 0 Å². The molecule has 0 aliphatic rings. The summed E-state index contributed by atoms with van der Waals surface area (Å²) < 4.78 is 52.3. The minimum atomic E-state index is -5.08. The van der Waals surface area contributed by atoms with Crippen molar-refractivity contribution >= 4 is 35.1 Å². The number of hydrogen-bond acceptors (Lipinski definition) is 4. The van der Waals surface area contributed by atoms with E-state index in [1.54, 1.807) is 0 Å². The van der Waals surface area contributed by atoms with E-state index in [1.165, 1.54) is 30.3 Å². The zero-order valence-corrected chi connectivity index (χ0v) is 20.1. The fraction of sp³-hybridized carbons (Fsp3) is 0.174. The lowest BCUT2D eigenvalue weighted by Gasteiger charge is -2.13. The third-order valence-corrected chi connectivity index (χ3v) is 4.92. The number of benzene rings is 2. The van der Waals surface area contributed by atoms with Gasteiger partial charge in [0.25, 0.3) is 5.91 Å².